The number of nitrogens with zero attached hydrogens (tertiary/aromatic N) is 2. The van der Waals surface area contributed by atoms with Gasteiger partial charge in [0.15, 0.2) is 0 Å². The molecule has 0 spiro atoms. The van der Waals surface area contributed by atoms with Crippen molar-refractivity contribution < 1.29 is 4.79 Å². The van der Waals surface area contributed by atoms with Crippen molar-refractivity contribution in [2.75, 3.05) is 13.1 Å². The molecule has 2 heterocycles. The number of amides is 1. The summed E-state index contributed by atoms with van der Waals surface area (Å²) in [6.07, 6.45) is 9.00. The van der Waals surface area contributed by atoms with Crippen LogP contribution in [0, 0.1) is 0 Å². The summed E-state index contributed by atoms with van der Waals surface area (Å²) in [5.74, 6) is 0.225. The van der Waals surface area contributed by atoms with Gasteiger partial charge in [-0.15, -0.1) is 0 Å². The maximum Gasteiger partial charge on any atom is 0.219 e. The van der Waals surface area contributed by atoms with Crippen LogP contribution in [0.4, 0.5) is 0 Å². The molecule has 2 aliphatic heterocycles. The molecule has 0 bridgehead atoms. The van der Waals surface area contributed by atoms with Gasteiger partial charge in [-0.2, -0.15) is 0 Å². The van der Waals surface area contributed by atoms with Crippen molar-refractivity contribution in [1.29, 1.82) is 0 Å². The van der Waals surface area contributed by atoms with E-state index in [4.69, 9.17) is 0 Å². The number of unbranched alkanes of at least 4 members (excludes halogenated alkanes) is 3. The maximum absolute atomic E-state index is 12.5. The Morgan fingerprint density at radius 3 is 1.32 bits per heavy atom. The van der Waals surface area contributed by atoms with Crippen LogP contribution in [0.25, 0.3) is 0 Å². The van der Waals surface area contributed by atoms with Crippen molar-refractivity contribution in [3.05, 3.63) is 12.3 Å². The maximum atomic E-state index is 12.5. The summed E-state index contributed by atoms with van der Waals surface area (Å²) in [5, 5.41) is 7.55. The Morgan fingerprint density at radius 1 is 0.676 bits per heavy atom. The molecule has 5 heteroatoms. The summed E-state index contributed by atoms with van der Waals surface area (Å²) in [7, 11) is 0. The van der Waals surface area contributed by atoms with Gasteiger partial charge in [0.05, 0.1) is 0 Å². The van der Waals surface area contributed by atoms with Gasteiger partial charge in [-0.1, -0.05) is 19.4 Å². The third-order valence-corrected chi connectivity index (χ3v) is 7.66. The van der Waals surface area contributed by atoms with Crippen LogP contribution in [-0.4, -0.2) is 63.0 Å². The number of rotatable bonds is 10. The highest BCUT2D eigenvalue weighted by atomic mass is 16.2. The van der Waals surface area contributed by atoms with E-state index >= 15 is 0 Å². The summed E-state index contributed by atoms with van der Waals surface area (Å²) in [4.78, 5) is 17.2. The lowest BCUT2D eigenvalue weighted by Crippen LogP contribution is -2.62. The number of hydrogen-bond donors (Lipinski definition) is 2. The molecule has 2 fully saturated rings. The van der Waals surface area contributed by atoms with Crippen LogP contribution in [0.2, 0.25) is 0 Å². The molecule has 0 aliphatic carbocycles. The molecule has 198 valence electrons. The van der Waals surface area contributed by atoms with Gasteiger partial charge in [0.2, 0.25) is 5.91 Å². The molecule has 1 amide bonds. The Bertz CT molecular complexity index is 617. The van der Waals surface area contributed by atoms with Gasteiger partial charge < -0.3 is 20.4 Å². The van der Waals surface area contributed by atoms with Crippen LogP contribution in [0.15, 0.2) is 12.3 Å². The minimum atomic E-state index is 0.0594. The minimum Gasteiger partial charge on any atom is -0.372 e. The lowest BCUT2D eigenvalue weighted by molar-refractivity contribution is -0.133. The molecule has 0 aromatic heterocycles. The molecule has 0 saturated carbocycles. The number of carbonyl (C=O) groups is 1. The highest BCUT2D eigenvalue weighted by Gasteiger charge is 2.41. The molecule has 0 atom stereocenters. The van der Waals surface area contributed by atoms with Crippen molar-refractivity contribution in [3.63, 3.8) is 0 Å². The van der Waals surface area contributed by atoms with Crippen molar-refractivity contribution in [1.82, 2.24) is 20.4 Å². The first-order valence-corrected chi connectivity index (χ1v) is 13.7. The van der Waals surface area contributed by atoms with Gasteiger partial charge in [0.25, 0.3) is 0 Å². The molecular weight excluding hydrogens is 420 g/mol. The zero-order valence-electron chi connectivity index (χ0n) is 24.2. The van der Waals surface area contributed by atoms with Crippen molar-refractivity contribution in [2.45, 2.75) is 155 Å². The van der Waals surface area contributed by atoms with E-state index in [1.807, 2.05) is 0 Å². The smallest absolute Gasteiger partial charge is 0.219 e. The fraction of sp³-hybridized carbons (Fsp3) is 0.897. The summed E-state index contributed by atoms with van der Waals surface area (Å²) >= 11 is 0. The number of hydrogen-bond acceptors (Lipinski definition) is 4. The molecule has 0 aromatic rings. The first-order chi connectivity index (χ1) is 15.4. The summed E-state index contributed by atoms with van der Waals surface area (Å²) in [6, 6.07) is 0.873. The first kappa shape index (κ1) is 29.2. The van der Waals surface area contributed by atoms with Gasteiger partial charge >= 0.3 is 0 Å². The van der Waals surface area contributed by atoms with Crippen LogP contribution < -0.4 is 10.6 Å². The van der Waals surface area contributed by atoms with Gasteiger partial charge in [0.1, 0.15) is 0 Å². The Morgan fingerprint density at radius 2 is 1.00 bits per heavy atom. The molecule has 34 heavy (non-hydrogen) atoms. The molecule has 2 rings (SSSR count). The highest BCUT2D eigenvalue weighted by Crippen LogP contribution is 2.34. The van der Waals surface area contributed by atoms with Crippen LogP contribution >= 0.6 is 0 Å². The van der Waals surface area contributed by atoms with Gasteiger partial charge in [0, 0.05) is 59.9 Å². The minimum absolute atomic E-state index is 0.0594. The van der Waals surface area contributed by atoms with Crippen molar-refractivity contribution in [3.8, 4) is 0 Å². The van der Waals surface area contributed by atoms with E-state index in [0.717, 1.165) is 45.2 Å². The van der Waals surface area contributed by atoms with Crippen LogP contribution in [0.5, 0.6) is 0 Å². The number of piperidine rings is 2. The molecular formula is C29H56N4O. The van der Waals surface area contributed by atoms with E-state index in [1.165, 1.54) is 25.0 Å². The van der Waals surface area contributed by atoms with Crippen LogP contribution in [-0.2, 0) is 4.79 Å². The third kappa shape index (κ3) is 8.86. The molecule has 5 nitrogen and oxygen atoms in total. The summed E-state index contributed by atoms with van der Waals surface area (Å²) < 4.78 is 0. The number of allylic oxidation sites excluding steroid dienone is 1. The van der Waals surface area contributed by atoms with Gasteiger partial charge in [-0.05, 0) is 101 Å². The lowest BCUT2D eigenvalue weighted by atomic mass is 9.78. The Balaban J connectivity index is 1.83. The molecule has 2 saturated heterocycles. The van der Waals surface area contributed by atoms with E-state index in [1.54, 1.807) is 6.92 Å². The Kier molecular flexibility index (Phi) is 9.35. The van der Waals surface area contributed by atoms with E-state index < -0.39 is 0 Å². The van der Waals surface area contributed by atoms with Crippen molar-refractivity contribution >= 4 is 5.91 Å². The molecule has 0 aromatic carbocycles. The third-order valence-electron chi connectivity index (χ3n) is 7.66. The van der Waals surface area contributed by atoms with Gasteiger partial charge in [-0.3, -0.25) is 4.79 Å². The molecule has 0 unspecified atom stereocenters. The lowest BCUT2D eigenvalue weighted by Gasteiger charge is -2.50. The highest BCUT2D eigenvalue weighted by molar-refractivity contribution is 5.73. The number of carbonyl (C=O) groups excluding carboxylic acids is 1. The topological polar surface area (TPSA) is 47.6 Å². The quantitative estimate of drug-likeness (QED) is 0.388. The van der Waals surface area contributed by atoms with E-state index in [-0.39, 0.29) is 28.1 Å². The fourth-order valence-electron chi connectivity index (χ4n) is 7.18. The Labute approximate surface area is 211 Å². The average Bonchev–Trinajstić information content (AvgIpc) is 2.57. The SMILES string of the molecule is C=C(C)N(CCCCCCN(C(C)=O)C1CC(C)(C)NC(C)(C)C1)C1CC(C)(C)NC(C)(C)C1. The summed E-state index contributed by atoms with van der Waals surface area (Å²) in [6.45, 7) is 28.5. The zero-order chi connectivity index (χ0) is 25.9. The standard InChI is InChI=1S/C29H56N4O/c1-22(2)32(24-18-26(4,5)30-27(6,7)19-24)16-14-12-13-15-17-33(23(3)34)25-20-28(8,9)31-29(10,11)21-25/h24-25,30-31H,1,12-21H2,2-11H3. The van der Waals surface area contributed by atoms with Crippen LogP contribution in [0.3, 0.4) is 0 Å². The summed E-state index contributed by atoms with van der Waals surface area (Å²) in [5.41, 5.74) is 1.60. The van der Waals surface area contributed by atoms with Gasteiger partial charge in [-0.25, -0.2) is 0 Å². The zero-order valence-corrected chi connectivity index (χ0v) is 24.2. The average molecular weight is 477 g/mol. The van der Waals surface area contributed by atoms with E-state index in [2.05, 4.69) is 89.3 Å². The molecule has 2 aliphatic rings. The predicted molar refractivity (Wildman–Crippen MR) is 146 cm³/mol. The monoisotopic (exact) mass is 476 g/mol. The molecule has 0 radical (unpaired) electrons. The normalized spacial score (nSPS) is 23.9. The van der Waals surface area contributed by atoms with E-state index in [0.29, 0.717) is 12.1 Å². The predicted octanol–water partition coefficient (Wildman–Crippen LogP) is 5.85. The van der Waals surface area contributed by atoms with E-state index in [9.17, 15) is 4.79 Å². The first-order valence-electron chi connectivity index (χ1n) is 13.7. The number of nitrogens with one attached hydrogen (secondary N) is 2. The second-order valence-corrected chi connectivity index (χ2v) is 14.0. The largest absolute Gasteiger partial charge is 0.372 e. The fourth-order valence-corrected chi connectivity index (χ4v) is 7.18. The Hall–Kier alpha value is -1.07. The second-order valence-electron chi connectivity index (χ2n) is 14.0. The van der Waals surface area contributed by atoms with Crippen LogP contribution in [0.1, 0.15) is 121 Å². The second kappa shape index (κ2) is 10.9. The molecule has 2 N–H and O–H groups in total. The van der Waals surface area contributed by atoms with Crippen molar-refractivity contribution in [2.24, 2.45) is 0 Å².